The molecule has 1 N–H and O–H groups in total. The van der Waals surface area contributed by atoms with Gasteiger partial charge < -0.3 is 5.32 Å². The summed E-state index contributed by atoms with van der Waals surface area (Å²) in [6, 6.07) is 0.689. The summed E-state index contributed by atoms with van der Waals surface area (Å²) in [6.07, 6.45) is 4.38. The molecule has 1 atom stereocenters. The number of nitrogens with zero attached hydrogens (tertiary/aromatic N) is 1. The first kappa shape index (κ1) is 7.10. The van der Waals surface area contributed by atoms with Crippen molar-refractivity contribution in [3.05, 3.63) is 0 Å². The predicted molar refractivity (Wildman–Crippen MR) is 42.0 cm³/mol. The van der Waals surface area contributed by atoms with Gasteiger partial charge >= 0.3 is 0 Å². The average Bonchev–Trinajstić information content (AvgIpc) is 2.38. The Kier molecular flexibility index (Phi) is 1.82. The van der Waals surface area contributed by atoms with Crippen LogP contribution < -0.4 is 5.32 Å². The van der Waals surface area contributed by atoms with Gasteiger partial charge in [-0.2, -0.15) is 0 Å². The summed E-state index contributed by atoms with van der Waals surface area (Å²) < 4.78 is 0. The molecule has 1 amide bonds. The monoisotopic (exact) mass is 154 g/mol. The van der Waals surface area contributed by atoms with E-state index in [1.54, 1.807) is 0 Å². The first-order valence-electron chi connectivity index (χ1n) is 4.37. The van der Waals surface area contributed by atoms with Gasteiger partial charge in [-0.3, -0.25) is 9.69 Å². The number of carbonyl (C=O) groups excluding carboxylic acids is 1. The Morgan fingerprint density at radius 3 is 3.27 bits per heavy atom. The standard InChI is InChI=1S/C8H14N2O/c11-8-4-3-7-2-1-5-10(7)6-9-8/h7H,1-6H2,(H,9,11). The Labute approximate surface area is 66.8 Å². The maximum atomic E-state index is 11.0. The zero-order valence-electron chi connectivity index (χ0n) is 6.68. The van der Waals surface area contributed by atoms with Crippen LogP contribution in [-0.4, -0.2) is 30.1 Å². The maximum Gasteiger partial charge on any atom is 0.221 e. The van der Waals surface area contributed by atoms with Crippen LogP contribution in [0.25, 0.3) is 0 Å². The van der Waals surface area contributed by atoms with E-state index in [-0.39, 0.29) is 5.91 Å². The van der Waals surface area contributed by atoms with Gasteiger partial charge in [0.15, 0.2) is 0 Å². The number of amides is 1. The number of fused-ring (bicyclic) bond motifs is 1. The minimum atomic E-state index is 0.222. The molecule has 2 aliphatic heterocycles. The molecule has 0 spiro atoms. The Balaban J connectivity index is 2.00. The van der Waals surface area contributed by atoms with Crippen molar-refractivity contribution in [3.63, 3.8) is 0 Å². The van der Waals surface area contributed by atoms with Gasteiger partial charge in [0, 0.05) is 19.0 Å². The molecule has 3 heteroatoms. The van der Waals surface area contributed by atoms with Gasteiger partial charge in [-0.25, -0.2) is 0 Å². The minimum absolute atomic E-state index is 0.222. The molecule has 3 nitrogen and oxygen atoms in total. The number of hydrogen-bond donors (Lipinski definition) is 1. The second-order valence-electron chi connectivity index (χ2n) is 3.41. The highest BCUT2D eigenvalue weighted by atomic mass is 16.1. The lowest BCUT2D eigenvalue weighted by atomic mass is 10.1. The van der Waals surface area contributed by atoms with Gasteiger partial charge in [0.25, 0.3) is 0 Å². The summed E-state index contributed by atoms with van der Waals surface area (Å²) in [4.78, 5) is 13.4. The summed E-state index contributed by atoms with van der Waals surface area (Å²) in [7, 11) is 0. The van der Waals surface area contributed by atoms with Gasteiger partial charge in [-0.15, -0.1) is 0 Å². The van der Waals surface area contributed by atoms with Crippen molar-refractivity contribution in [3.8, 4) is 0 Å². The molecule has 2 heterocycles. The molecule has 0 bridgehead atoms. The van der Waals surface area contributed by atoms with Gasteiger partial charge in [0.2, 0.25) is 5.91 Å². The summed E-state index contributed by atoms with van der Waals surface area (Å²) in [5.74, 6) is 0.222. The van der Waals surface area contributed by atoms with Crippen molar-refractivity contribution < 1.29 is 4.79 Å². The molecule has 0 aliphatic carbocycles. The summed E-state index contributed by atoms with van der Waals surface area (Å²) in [6.45, 7) is 1.95. The second-order valence-corrected chi connectivity index (χ2v) is 3.41. The van der Waals surface area contributed by atoms with Crippen LogP contribution in [0, 0.1) is 0 Å². The molecule has 2 fully saturated rings. The highest BCUT2D eigenvalue weighted by Gasteiger charge is 2.27. The maximum absolute atomic E-state index is 11.0. The van der Waals surface area contributed by atoms with Crippen LogP contribution in [0.15, 0.2) is 0 Å². The number of hydrogen-bond acceptors (Lipinski definition) is 2. The molecule has 0 aromatic carbocycles. The Hall–Kier alpha value is -0.570. The zero-order valence-corrected chi connectivity index (χ0v) is 6.68. The third-order valence-electron chi connectivity index (χ3n) is 2.68. The van der Waals surface area contributed by atoms with E-state index in [0.29, 0.717) is 6.04 Å². The van der Waals surface area contributed by atoms with Crippen molar-refractivity contribution in [1.82, 2.24) is 10.2 Å². The normalized spacial score (nSPS) is 32.7. The first-order valence-corrected chi connectivity index (χ1v) is 4.37. The van der Waals surface area contributed by atoms with Crippen LogP contribution in [0.1, 0.15) is 25.7 Å². The Morgan fingerprint density at radius 1 is 1.45 bits per heavy atom. The van der Waals surface area contributed by atoms with Gasteiger partial charge in [0.1, 0.15) is 0 Å². The van der Waals surface area contributed by atoms with E-state index in [1.165, 1.54) is 19.4 Å². The van der Waals surface area contributed by atoms with E-state index < -0.39 is 0 Å². The molecule has 0 saturated carbocycles. The largest absolute Gasteiger partial charge is 0.343 e. The van der Waals surface area contributed by atoms with Crippen LogP contribution >= 0.6 is 0 Å². The number of nitrogens with one attached hydrogen (secondary N) is 1. The lowest BCUT2D eigenvalue weighted by Crippen LogP contribution is -2.35. The molecule has 1 unspecified atom stereocenters. The lowest BCUT2D eigenvalue weighted by Gasteiger charge is -2.19. The molecular formula is C8H14N2O. The molecule has 0 aromatic rings. The summed E-state index contributed by atoms with van der Waals surface area (Å²) in [5, 5.41) is 2.90. The fraction of sp³-hybridized carbons (Fsp3) is 0.875. The van der Waals surface area contributed by atoms with E-state index in [9.17, 15) is 4.79 Å². The van der Waals surface area contributed by atoms with Crippen molar-refractivity contribution in [2.75, 3.05) is 13.2 Å². The summed E-state index contributed by atoms with van der Waals surface area (Å²) >= 11 is 0. The van der Waals surface area contributed by atoms with E-state index in [1.807, 2.05) is 0 Å². The van der Waals surface area contributed by atoms with Crippen LogP contribution in [0.3, 0.4) is 0 Å². The molecule has 2 saturated heterocycles. The zero-order chi connectivity index (χ0) is 7.68. The van der Waals surface area contributed by atoms with Crippen LogP contribution in [0.2, 0.25) is 0 Å². The van der Waals surface area contributed by atoms with Crippen LogP contribution in [0.4, 0.5) is 0 Å². The molecule has 2 aliphatic rings. The predicted octanol–water partition coefficient (Wildman–Crippen LogP) is 0.318. The van der Waals surface area contributed by atoms with Crippen molar-refractivity contribution in [2.45, 2.75) is 31.7 Å². The Morgan fingerprint density at radius 2 is 2.36 bits per heavy atom. The smallest absolute Gasteiger partial charge is 0.221 e. The fourth-order valence-corrected chi connectivity index (χ4v) is 2.01. The molecule has 0 radical (unpaired) electrons. The highest BCUT2D eigenvalue weighted by molar-refractivity contribution is 5.76. The first-order chi connectivity index (χ1) is 5.36. The second kappa shape index (κ2) is 2.81. The highest BCUT2D eigenvalue weighted by Crippen LogP contribution is 2.21. The van der Waals surface area contributed by atoms with Crippen molar-refractivity contribution in [1.29, 1.82) is 0 Å². The minimum Gasteiger partial charge on any atom is -0.343 e. The molecule has 2 rings (SSSR count). The van der Waals surface area contributed by atoms with Crippen molar-refractivity contribution >= 4 is 5.91 Å². The lowest BCUT2D eigenvalue weighted by molar-refractivity contribution is -0.121. The molecule has 0 aromatic heterocycles. The third-order valence-corrected chi connectivity index (χ3v) is 2.68. The molecular weight excluding hydrogens is 140 g/mol. The van der Waals surface area contributed by atoms with Gasteiger partial charge in [-0.05, 0) is 19.3 Å². The Bertz CT molecular complexity index is 153. The van der Waals surface area contributed by atoms with E-state index in [4.69, 9.17) is 0 Å². The van der Waals surface area contributed by atoms with E-state index in [2.05, 4.69) is 10.2 Å². The van der Waals surface area contributed by atoms with Crippen molar-refractivity contribution in [2.24, 2.45) is 0 Å². The average molecular weight is 154 g/mol. The van der Waals surface area contributed by atoms with E-state index in [0.717, 1.165) is 19.5 Å². The van der Waals surface area contributed by atoms with Gasteiger partial charge in [0.05, 0.1) is 6.67 Å². The quantitative estimate of drug-likeness (QED) is 0.545. The van der Waals surface area contributed by atoms with Crippen LogP contribution in [0.5, 0.6) is 0 Å². The molecule has 11 heavy (non-hydrogen) atoms. The fourth-order valence-electron chi connectivity index (χ4n) is 2.01. The number of rotatable bonds is 0. The van der Waals surface area contributed by atoms with Gasteiger partial charge in [-0.1, -0.05) is 0 Å². The van der Waals surface area contributed by atoms with Crippen LogP contribution in [-0.2, 0) is 4.79 Å². The third kappa shape index (κ3) is 1.38. The number of carbonyl (C=O) groups is 1. The molecule has 62 valence electrons. The summed E-state index contributed by atoms with van der Waals surface area (Å²) in [5.41, 5.74) is 0. The topological polar surface area (TPSA) is 32.3 Å². The SMILES string of the molecule is O=C1CCC2CCCN2CN1. The van der Waals surface area contributed by atoms with E-state index >= 15 is 0 Å².